The van der Waals surface area contributed by atoms with Gasteiger partial charge in [-0.1, -0.05) is 130 Å². The minimum atomic E-state index is -4.66. The summed E-state index contributed by atoms with van der Waals surface area (Å²) >= 11 is 0. The number of esters is 2. The average Bonchev–Trinajstić information content (AvgIpc) is 3.24. The van der Waals surface area contributed by atoms with Crippen molar-refractivity contribution in [1.82, 2.24) is 0 Å². The quantitative estimate of drug-likeness (QED) is 0.0201. The van der Waals surface area contributed by atoms with Gasteiger partial charge in [0.25, 0.3) is 0 Å². The zero-order chi connectivity index (χ0) is 44.2. The number of phosphoric acid groups is 1. The minimum absolute atomic E-state index is 0.0803. The summed E-state index contributed by atoms with van der Waals surface area (Å²) in [5, 5.41) is 27.9. The molecule has 0 aliphatic heterocycles. The SMILES string of the molecule is CC/C=C\C/C=C\C/C=C\C/C=C\C/C=C\CCCCCC(=O)OC[C@H](COP(=O)(O)OC[C@@H](O)CO)OC(=O)CCC/C=C\C/C=C\C/C=C\C/C=C\CC[C@H](O)CC. The third kappa shape index (κ3) is 41.3. The standard InChI is InChI=1S/C48H77O11P/c1-3-5-6-7-8-9-10-11-12-13-14-15-16-20-23-26-29-32-35-38-47(52)56-42-46(43-58-60(54,55)57-41-45(51)40-49)59-48(53)39-36-33-30-27-24-21-18-17-19-22-25-28-31-34-37-44(50)4-2/h5-6,8-9,11-12,14-15,18-23,27-28,30-31,44-46,49-51H,3-4,7,10,13,16-17,24-26,29,32-43H2,1-2H3,(H,54,55)/b6-5-,9-8-,12-11-,15-14-,21-18-,22-19-,23-20-,30-27-,31-28-/t44-,45+,46-/m1/s1. The van der Waals surface area contributed by atoms with Gasteiger partial charge in [-0.25, -0.2) is 4.57 Å². The van der Waals surface area contributed by atoms with E-state index in [9.17, 15) is 29.3 Å². The molecule has 11 nitrogen and oxygen atoms in total. The lowest BCUT2D eigenvalue weighted by Crippen LogP contribution is -2.29. The molecule has 1 unspecified atom stereocenters. The topological polar surface area (TPSA) is 169 Å². The Morgan fingerprint density at radius 3 is 1.48 bits per heavy atom. The predicted molar refractivity (Wildman–Crippen MR) is 243 cm³/mol. The van der Waals surface area contributed by atoms with Crippen LogP contribution in [-0.4, -0.2) is 76.9 Å². The molecule has 4 atom stereocenters. The van der Waals surface area contributed by atoms with Gasteiger partial charge in [-0.05, 0) is 103 Å². The molecule has 0 fully saturated rings. The summed E-state index contributed by atoms with van der Waals surface area (Å²) in [4.78, 5) is 35.0. The van der Waals surface area contributed by atoms with Crippen LogP contribution in [0.2, 0.25) is 0 Å². The second-order valence-electron chi connectivity index (χ2n) is 14.1. The Hall–Kier alpha value is -3.41. The molecule has 0 bridgehead atoms. The summed E-state index contributed by atoms with van der Waals surface area (Å²) in [6.45, 7) is 1.84. The summed E-state index contributed by atoms with van der Waals surface area (Å²) < 4.78 is 32.6. The van der Waals surface area contributed by atoms with Gasteiger partial charge in [-0.3, -0.25) is 18.6 Å². The Bertz CT molecular complexity index is 1380. The fourth-order valence-corrected chi connectivity index (χ4v) is 5.84. The monoisotopic (exact) mass is 861 g/mol. The molecule has 0 aromatic heterocycles. The molecule has 340 valence electrons. The first-order valence-corrected chi connectivity index (χ1v) is 23.4. The average molecular weight is 861 g/mol. The van der Waals surface area contributed by atoms with E-state index in [4.69, 9.17) is 19.1 Å². The van der Waals surface area contributed by atoms with Gasteiger partial charge in [0.05, 0.1) is 25.9 Å². The first-order chi connectivity index (χ1) is 29.1. The highest BCUT2D eigenvalue weighted by molar-refractivity contribution is 7.47. The lowest BCUT2D eigenvalue weighted by molar-refractivity contribution is -0.161. The van der Waals surface area contributed by atoms with Crippen molar-refractivity contribution >= 4 is 19.8 Å². The second kappa shape index (κ2) is 42.3. The highest BCUT2D eigenvalue weighted by Gasteiger charge is 2.27. The number of allylic oxidation sites excluding steroid dienone is 18. The van der Waals surface area contributed by atoms with Crippen molar-refractivity contribution < 1.29 is 52.9 Å². The molecule has 60 heavy (non-hydrogen) atoms. The van der Waals surface area contributed by atoms with Gasteiger partial charge in [-0.15, -0.1) is 0 Å². The molecule has 0 heterocycles. The van der Waals surface area contributed by atoms with E-state index in [0.29, 0.717) is 19.3 Å². The molecule has 0 aromatic carbocycles. The zero-order valence-corrected chi connectivity index (χ0v) is 37.4. The summed E-state index contributed by atoms with van der Waals surface area (Å²) in [7, 11) is -4.66. The number of phosphoric ester groups is 1. The highest BCUT2D eigenvalue weighted by atomic mass is 31.2. The lowest BCUT2D eigenvalue weighted by atomic mass is 10.1. The molecule has 0 aromatic rings. The van der Waals surface area contributed by atoms with Gasteiger partial charge in [0.15, 0.2) is 6.10 Å². The number of hydrogen-bond donors (Lipinski definition) is 4. The van der Waals surface area contributed by atoms with Crippen molar-refractivity contribution in [2.45, 2.75) is 154 Å². The Labute approximate surface area is 361 Å². The van der Waals surface area contributed by atoms with Crippen LogP contribution in [0.15, 0.2) is 109 Å². The molecule has 0 rings (SSSR count). The van der Waals surface area contributed by atoms with Gasteiger partial charge in [0.2, 0.25) is 0 Å². The molecule has 0 aliphatic rings. The minimum Gasteiger partial charge on any atom is -0.462 e. The number of carbonyl (C=O) groups excluding carboxylic acids is 2. The molecular weight excluding hydrogens is 783 g/mol. The Kier molecular flexibility index (Phi) is 39.9. The molecule has 0 amide bonds. The van der Waals surface area contributed by atoms with Crippen molar-refractivity contribution in [3.05, 3.63) is 109 Å². The highest BCUT2D eigenvalue weighted by Crippen LogP contribution is 2.43. The zero-order valence-electron chi connectivity index (χ0n) is 36.5. The first-order valence-electron chi connectivity index (χ1n) is 21.9. The van der Waals surface area contributed by atoms with Crippen LogP contribution in [0.1, 0.15) is 136 Å². The van der Waals surface area contributed by atoms with Crippen LogP contribution in [0.5, 0.6) is 0 Å². The Morgan fingerprint density at radius 2 is 0.983 bits per heavy atom. The molecule has 12 heteroatoms. The van der Waals surface area contributed by atoms with Gasteiger partial charge in [0.1, 0.15) is 12.7 Å². The van der Waals surface area contributed by atoms with Crippen molar-refractivity contribution in [2.75, 3.05) is 26.4 Å². The second-order valence-corrected chi connectivity index (χ2v) is 15.6. The molecule has 4 N–H and O–H groups in total. The van der Waals surface area contributed by atoms with Crippen LogP contribution in [0.4, 0.5) is 0 Å². The van der Waals surface area contributed by atoms with E-state index in [-0.39, 0.29) is 25.6 Å². The first kappa shape index (κ1) is 56.6. The van der Waals surface area contributed by atoms with Crippen molar-refractivity contribution in [3.8, 4) is 0 Å². The number of aliphatic hydroxyl groups excluding tert-OH is 3. The van der Waals surface area contributed by atoms with Gasteiger partial charge in [0, 0.05) is 12.8 Å². The molecule has 0 radical (unpaired) electrons. The van der Waals surface area contributed by atoms with Crippen LogP contribution in [0.3, 0.4) is 0 Å². The van der Waals surface area contributed by atoms with Crippen molar-refractivity contribution in [2.24, 2.45) is 0 Å². The maximum absolute atomic E-state index is 12.6. The predicted octanol–water partition coefficient (Wildman–Crippen LogP) is 10.7. The third-order valence-electron chi connectivity index (χ3n) is 8.57. The smallest absolute Gasteiger partial charge is 0.462 e. The van der Waals surface area contributed by atoms with Crippen molar-refractivity contribution in [1.29, 1.82) is 0 Å². The van der Waals surface area contributed by atoms with Crippen LogP contribution < -0.4 is 0 Å². The molecule has 0 saturated heterocycles. The normalized spacial score (nSPS) is 15.4. The molecular formula is C48H77O11P. The van der Waals surface area contributed by atoms with Crippen molar-refractivity contribution in [3.63, 3.8) is 0 Å². The van der Waals surface area contributed by atoms with E-state index in [2.05, 4.69) is 109 Å². The van der Waals surface area contributed by atoms with Crippen LogP contribution in [0.25, 0.3) is 0 Å². The van der Waals surface area contributed by atoms with E-state index in [0.717, 1.165) is 89.9 Å². The Balaban J connectivity index is 4.48. The summed E-state index contributed by atoms with van der Waals surface area (Å²) in [6, 6.07) is 0. The number of unbranched alkanes of at least 4 members (excludes halogenated alkanes) is 4. The fraction of sp³-hybridized carbons (Fsp3) is 0.583. The third-order valence-corrected chi connectivity index (χ3v) is 9.53. The van der Waals surface area contributed by atoms with E-state index < -0.39 is 51.8 Å². The summed E-state index contributed by atoms with van der Waals surface area (Å²) in [6.07, 6.45) is 50.0. The van der Waals surface area contributed by atoms with Gasteiger partial charge in [-0.2, -0.15) is 0 Å². The summed E-state index contributed by atoms with van der Waals surface area (Å²) in [5.74, 6) is -1.06. The fourth-order valence-electron chi connectivity index (χ4n) is 5.05. The van der Waals surface area contributed by atoms with Gasteiger partial charge >= 0.3 is 19.8 Å². The number of rotatable bonds is 39. The maximum atomic E-state index is 12.6. The molecule has 0 saturated carbocycles. The summed E-state index contributed by atoms with van der Waals surface area (Å²) in [5.41, 5.74) is 0. The van der Waals surface area contributed by atoms with E-state index in [1.54, 1.807) is 0 Å². The van der Waals surface area contributed by atoms with E-state index in [1.165, 1.54) is 0 Å². The van der Waals surface area contributed by atoms with Crippen LogP contribution in [-0.2, 0) is 32.7 Å². The number of aliphatic hydroxyl groups is 3. The van der Waals surface area contributed by atoms with E-state index >= 15 is 0 Å². The number of carbonyl (C=O) groups is 2. The lowest BCUT2D eigenvalue weighted by Gasteiger charge is -2.20. The molecule has 0 spiro atoms. The van der Waals surface area contributed by atoms with Crippen LogP contribution in [0, 0.1) is 0 Å². The largest absolute Gasteiger partial charge is 0.472 e. The Morgan fingerprint density at radius 1 is 0.533 bits per heavy atom. The van der Waals surface area contributed by atoms with Gasteiger partial charge < -0.3 is 29.7 Å². The molecule has 0 aliphatic carbocycles. The number of hydrogen-bond acceptors (Lipinski definition) is 10. The number of ether oxygens (including phenoxy) is 2. The maximum Gasteiger partial charge on any atom is 0.472 e. The van der Waals surface area contributed by atoms with Crippen LogP contribution >= 0.6 is 7.82 Å². The van der Waals surface area contributed by atoms with E-state index in [1.807, 2.05) is 19.1 Å².